The van der Waals surface area contributed by atoms with Crippen LogP contribution in [0.1, 0.15) is 27.7 Å². The lowest BCUT2D eigenvalue weighted by Crippen LogP contribution is -2.43. The van der Waals surface area contributed by atoms with E-state index < -0.39 is 11.6 Å². The van der Waals surface area contributed by atoms with Crippen molar-refractivity contribution in [1.82, 2.24) is 4.90 Å². The molecule has 0 saturated carbocycles. The molecule has 66 valence electrons. The zero-order valence-electron chi connectivity index (χ0n) is 7.81. The zero-order chi connectivity index (χ0) is 9.23. The number of nitrogens with zero attached hydrogens (tertiary/aromatic N) is 1. The van der Waals surface area contributed by atoms with Crippen LogP contribution in [0.4, 0.5) is 4.39 Å². The minimum Gasteiger partial charge on any atom is -0.341 e. The lowest BCUT2D eigenvalue weighted by molar-refractivity contribution is -0.142. The molecule has 0 atom stereocenters. The van der Waals surface area contributed by atoms with Crippen molar-refractivity contribution >= 4 is 5.91 Å². The minimum atomic E-state index is -1.75. The van der Waals surface area contributed by atoms with Gasteiger partial charge in [0.05, 0.1) is 0 Å². The first-order valence-electron chi connectivity index (χ1n) is 3.73. The number of carbonyl (C=O) groups is 1. The van der Waals surface area contributed by atoms with Crippen molar-refractivity contribution in [2.24, 2.45) is 0 Å². The standard InChI is InChI=1S/C8H16FNO/c1-6(2)10(5)7(11)8(3,4)9/h6H,1-5H3. The molecule has 0 N–H and O–H groups in total. The van der Waals surface area contributed by atoms with Crippen LogP contribution in [0.2, 0.25) is 0 Å². The number of amides is 1. The molecule has 0 saturated heterocycles. The van der Waals surface area contributed by atoms with Crippen LogP contribution in [0.5, 0.6) is 0 Å². The van der Waals surface area contributed by atoms with E-state index in [1.807, 2.05) is 13.8 Å². The maximum atomic E-state index is 13.0. The molecule has 0 radical (unpaired) electrons. The fourth-order valence-electron chi connectivity index (χ4n) is 0.654. The maximum absolute atomic E-state index is 13.0. The van der Waals surface area contributed by atoms with Crippen LogP contribution in [0.15, 0.2) is 0 Å². The van der Waals surface area contributed by atoms with E-state index in [1.165, 1.54) is 18.7 Å². The van der Waals surface area contributed by atoms with Gasteiger partial charge in [0.2, 0.25) is 0 Å². The lowest BCUT2D eigenvalue weighted by Gasteiger charge is -2.26. The second-order valence-corrected chi connectivity index (χ2v) is 3.48. The van der Waals surface area contributed by atoms with E-state index in [2.05, 4.69) is 0 Å². The lowest BCUT2D eigenvalue weighted by atomic mass is 10.1. The predicted octanol–water partition coefficient (Wildman–Crippen LogP) is 1.60. The Hall–Kier alpha value is -0.600. The fourth-order valence-corrected chi connectivity index (χ4v) is 0.654. The van der Waals surface area contributed by atoms with Crippen molar-refractivity contribution in [2.75, 3.05) is 7.05 Å². The molecule has 0 aromatic rings. The molecule has 0 bridgehead atoms. The third-order valence-electron chi connectivity index (χ3n) is 1.60. The summed E-state index contributed by atoms with van der Waals surface area (Å²) in [6, 6.07) is 0.0533. The van der Waals surface area contributed by atoms with Crippen LogP contribution in [-0.4, -0.2) is 29.6 Å². The molecule has 0 aliphatic rings. The van der Waals surface area contributed by atoms with Crippen LogP contribution in [-0.2, 0) is 4.79 Å². The van der Waals surface area contributed by atoms with Crippen molar-refractivity contribution in [3.8, 4) is 0 Å². The second-order valence-electron chi connectivity index (χ2n) is 3.48. The Bertz CT molecular complexity index is 149. The Kier molecular flexibility index (Phi) is 3.02. The Labute approximate surface area is 67.4 Å². The number of carbonyl (C=O) groups excluding carboxylic acids is 1. The molecule has 0 aliphatic carbocycles. The topological polar surface area (TPSA) is 20.3 Å². The smallest absolute Gasteiger partial charge is 0.259 e. The number of hydrogen-bond donors (Lipinski definition) is 0. The first-order valence-corrected chi connectivity index (χ1v) is 3.73. The molecule has 0 aromatic carbocycles. The van der Waals surface area contributed by atoms with Crippen LogP contribution < -0.4 is 0 Å². The molecule has 3 heteroatoms. The molecule has 1 amide bonds. The van der Waals surface area contributed by atoms with Gasteiger partial charge in [0.25, 0.3) is 5.91 Å². The molecule has 0 heterocycles. The highest BCUT2D eigenvalue weighted by atomic mass is 19.1. The number of halogens is 1. The fraction of sp³-hybridized carbons (Fsp3) is 0.875. The van der Waals surface area contributed by atoms with E-state index >= 15 is 0 Å². The van der Waals surface area contributed by atoms with Gasteiger partial charge in [0.15, 0.2) is 5.67 Å². The molecule has 11 heavy (non-hydrogen) atoms. The molecular formula is C8H16FNO. The highest BCUT2D eigenvalue weighted by Gasteiger charge is 2.30. The summed E-state index contributed by atoms with van der Waals surface area (Å²) in [6.07, 6.45) is 0. The van der Waals surface area contributed by atoms with Gasteiger partial charge in [-0.3, -0.25) is 4.79 Å². The maximum Gasteiger partial charge on any atom is 0.259 e. The summed E-state index contributed by atoms with van der Waals surface area (Å²) in [7, 11) is 1.61. The molecule has 0 aromatic heterocycles. The molecule has 0 aliphatic heterocycles. The SMILES string of the molecule is CC(C)N(C)C(=O)C(C)(C)F. The van der Waals surface area contributed by atoms with Crippen molar-refractivity contribution in [2.45, 2.75) is 39.4 Å². The largest absolute Gasteiger partial charge is 0.341 e. The number of alkyl halides is 1. The van der Waals surface area contributed by atoms with Crippen LogP contribution in [0.3, 0.4) is 0 Å². The van der Waals surface area contributed by atoms with Crippen LogP contribution in [0.25, 0.3) is 0 Å². The Morgan fingerprint density at radius 1 is 1.45 bits per heavy atom. The van der Waals surface area contributed by atoms with E-state index in [0.717, 1.165) is 0 Å². The monoisotopic (exact) mass is 161 g/mol. The van der Waals surface area contributed by atoms with Crippen molar-refractivity contribution in [1.29, 1.82) is 0 Å². The summed E-state index contributed by atoms with van der Waals surface area (Å²) in [5, 5.41) is 0. The average molecular weight is 161 g/mol. The Balaban J connectivity index is 4.26. The Morgan fingerprint density at radius 2 is 1.82 bits per heavy atom. The summed E-state index contributed by atoms with van der Waals surface area (Å²) < 4.78 is 13.0. The van der Waals surface area contributed by atoms with E-state index in [1.54, 1.807) is 7.05 Å². The predicted molar refractivity (Wildman–Crippen MR) is 43.1 cm³/mol. The molecule has 0 unspecified atom stereocenters. The van der Waals surface area contributed by atoms with Gasteiger partial charge in [-0.05, 0) is 27.7 Å². The minimum absolute atomic E-state index is 0.0533. The van der Waals surface area contributed by atoms with Gasteiger partial charge in [-0.1, -0.05) is 0 Å². The van der Waals surface area contributed by atoms with Crippen molar-refractivity contribution in [3.05, 3.63) is 0 Å². The highest BCUT2D eigenvalue weighted by Crippen LogP contribution is 2.13. The van der Waals surface area contributed by atoms with Gasteiger partial charge in [0, 0.05) is 13.1 Å². The summed E-state index contributed by atoms with van der Waals surface area (Å²) in [5.74, 6) is -0.465. The van der Waals surface area contributed by atoms with Gasteiger partial charge in [0.1, 0.15) is 0 Å². The van der Waals surface area contributed by atoms with E-state index in [9.17, 15) is 9.18 Å². The quantitative estimate of drug-likeness (QED) is 0.602. The van der Waals surface area contributed by atoms with E-state index in [-0.39, 0.29) is 6.04 Å². The molecule has 0 fully saturated rings. The summed E-state index contributed by atoms with van der Waals surface area (Å²) in [4.78, 5) is 12.6. The van der Waals surface area contributed by atoms with Crippen molar-refractivity contribution in [3.63, 3.8) is 0 Å². The second kappa shape index (κ2) is 3.20. The summed E-state index contributed by atoms with van der Waals surface area (Å²) in [5.41, 5.74) is -1.75. The first-order chi connectivity index (χ1) is 4.76. The normalized spacial score (nSPS) is 11.9. The third kappa shape index (κ3) is 2.87. The number of rotatable bonds is 2. The highest BCUT2D eigenvalue weighted by molar-refractivity contribution is 5.84. The molecular weight excluding hydrogens is 145 g/mol. The molecule has 0 rings (SSSR count). The van der Waals surface area contributed by atoms with E-state index in [4.69, 9.17) is 0 Å². The third-order valence-corrected chi connectivity index (χ3v) is 1.60. The van der Waals surface area contributed by atoms with Gasteiger partial charge in [-0.15, -0.1) is 0 Å². The van der Waals surface area contributed by atoms with Crippen LogP contribution >= 0.6 is 0 Å². The van der Waals surface area contributed by atoms with Gasteiger partial charge >= 0.3 is 0 Å². The molecule has 0 spiro atoms. The summed E-state index contributed by atoms with van der Waals surface area (Å²) >= 11 is 0. The van der Waals surface area contributed by atoms with Gasteiger partial charge in [-0.2, -0.15) is 0 Å². The van der Waals surface area contributed by atoms with Crippen molar-refractivity contribution < 1.29 is 9.18 Å². The zero-order valence-corrected chi connectivity index (χ0v) is 7.81. The van der Waals surface area contributed by atoms with Crippen LogP contribution in [0, 0.1) is 0 Å². The average Bonchev–Trinajstić information content (AvgIpc) is 1.82. The van der Waals surface area contributed by atoms with Gasteiger partial charge < -0.3 is 4.90 Å². The number of hydrogen-bond acceptors (Lipinski definition) is 1. The van der Waals surface area contributed by atoms with E-state index in [0.29, 0.717) is 0 Å². The first kappa shape index (κ1) is 10.4. The van der Waals surface area contributed by atoms with Gasteiger partial charge in [-0.25, -0.2) is 4.39 Å². The molecule has 2 nitrogen and oxygen atoms in total. The Morgan fingerprint density at radius 3 is 1.91 bits per heavy atom. The summed E-state index contributed by atoms with van der Waals surface area (Å²) in [6.45, 7) is 6.25.